The van der Waals surface area contributed by atoms with E-state index in [-0.39, 0.29) is 11.4 Å². The Balaban J connectivity index is 2.19. The van der Waals surface area contributed by atoms with Gasteiger partial charge in [0.25, 0.3) is 5.69 Å². The number of ether oxygens (including phenoxy) is 2. The molecule has 2 aromatic rings. The summed E-state index contributed by atoms with van der Waals surface area (Å²) in [5.74, 6) is 0.248. The summed E-state index contributed by atoms with van der Waals surface area (Å²) in [6.07, 6.45) is 0. The first-order valence-corrected chi connectivity index (χ1v) is 6.12. The molecular formula is C15H13NO5. The molecule has 0 bridgehead atoms. The number of nitro groups is 1. The highest BCUT2D eigenvalue weighted by Crippen LogP contribution is 2.24. The molecule has 0 radical (unpaired) electrons. The Hall–Kier alpha value is -2.89. The summed E-state index contributed by atoms with van der Waals surface area (Å²) in [7, 11) is 1.50. The number of nitro benzene ring substituents is 1. The van der Waals surface area contributed by atoms with Gasteiger partial charge >= 0.3 is 5.97 Å². The standard InChI is InChI=1S/C15H13NO5/c1-10-8-13(6-7-14(10)16(18)19)21-15(17)11-4-3-5-12(9-11)20-2/h3-9H,1-2H3. The van der Waals surface area contributed by atoms with E-state index in [1.54, 1.807) is 31.2 Å². The normalized spacial score (nSPS) is 10.0. The molecular weight excluding hydrogens is 274 g/mol. The van der Waals surface area contributed by atoms with Crippen LogP contribution in [-0.2, 0) is 0 Å². The SMILES string of the molecule is COc1cccc(C(=O)Oc2ccc([N+](=O)[O-])c(C)c2)c1. The molecule has 6 heteroatoms. The third-order valence-electron chi connectivity index (χ3n) is 2.88. The van der Waals surface area contributed by atoms with Crippen molar-refractivity contribution in [2.75, 3.05) is 7.11 Å². The van der Waals surface area contributed by atoms with Crippen molar-refractivity contribution < 1.29 is 19.2 Å². The van der Waals surface area contributed by atoms with Crippen molar-refractivity contribution >= 4 is 11.7 Å². The predicted molar refractivity (Wildman–Crippen MR) is 75.8 cm³/mol. The Kier molecular flexibility index (Phi) is 4.18. The summed E-state index contributed by atoms with van der Waals surface area (Å²) in [6, 6.07) is 10.7. The zero-order valence-corrected chi connectivity index (χ0v) is 11.5. The van der Waals surface area contributed by atoms with Crippen molar-refractivity contribution in [3.05, 3.63) is 63.7 Å². The third-order valence-corrected chi connectivity index (χ3v) is 2.88. The van der Waals surface area contributed by atoms with Gasteiger partial charge in [-0.1, -0.05) is 6.07 Å². The monoisotopic (exact) mass is 287 g/mol. The highest BCUT2D eigenvalue weighted by Gasteiger charge is 2.14. The van der Waals surface area contributed by atoms with Crippen molar-refractivity contribution in [3.63, 3.8) is 0 Å². The molecule has 0 fully saturated rings. The van der Waals surface area contributed by atoms with Crippen LogP contribution in [0.2, 0.25) is 0 Å². The number of carbonyl (C=O) groups excluding carboxylic acids is 1. The van der Waals surface area contributed by atoms with E-state index in [4.69, 9.17) is 9.47 Å². The number of hydrogen-bond donors (Lipinski definition) is 0. The number of aryl methyl sites for hydroxylation is 1. The van der Waals surface area contributed by atoms with E-state index < -0.39 is 10.9 Å². The average Bonchev–Trinajstić information content (AvgIpc) is 2.47. The van der Waals surface area contributed by atoms with E-state index in [9.17, 15) is 14.9 Å². The van der Waals surface area contributed by atoms with Crippen LogP contribution in [0.3, 0.4) is 0 Å². The van der Waals surface area contributed by atoms with Crippen LogP contribution in [0.1, 0.15) is 15.9 Å². The van der Waals surface area contributed by atoms with Gasteiger partial charge < -0.3 is 9.47 Å². The number of methoxy groups -OCH3 is 1. The van der Waals surface area contributed by atoms with Crippen LogP contribution in [-0.4, -0.2) is 18.0 Å². The van der Waals surface area contributed by atoms with E-state index >= 15 is 0 Å². The second-order valence-electron chi connectivity index (χ2n) is 4.33. The number of esters is 1. The second kappa shape index (κ2) is 6.04. The molecule has 0 N–H and O–H groups in total. The van der Waals surface area contributed by atoms with Crippen molar-refractivity contribution in [1.29, 1.82) is 0 Å². The molecule has 0 spiro atoms. The van der Waals surface area contributed by atoms with E-state index in [1.165, 1.54) is 25.3 Å². The van der Waals surface area contributed by atoms with E-state index in [0.29, 0.717) is 16.9 Å². The maximum atomic E-state index is 12.0. The van der Waals surface area contributed by atoms with Gasteiger partial charge in [0.1, 0.15) is 11.5 Å². The molecule has 2 aromatic carbocycles. The third kappa shape index (κ3) is 3.36. The Labute approximate surface area is 121 Å². The van der Waals surface area contributed by atoms with Gasteiger partial charge in [-0.25, -0.2) is 4.79 Å². The fourth-order valence-corrected chi connectivity index (χ4v) is 1.81. The van der Waals surface area contributed by atoms with Crippen LogP contribution in [0.25, 0.3) is 0 Å². The topological polar surface area (TPSA) is 78.7 Å². The van der Waals surface area contributed by atoms with Gasteiger partial charge in [0.15, 0.2) is 0 Å². The number of hydrogen-bond acceptors (Lipinski definition) is 5. The highest BCUT2D eigenvalue weighted by molar-refractivity contribution is 5.91. The molecule has 0 heterocycles. The van der Waals surface area contributed by atoms with Crippen molar-refractivity contribution in [1.82, 2.24) is 0 Å². The molecule has 0 saturated heterocycles. The average molecular weight is 287 g/mol. The Bertz CT molecular complexity index is 696. The molecule has 2 rings (SSSR count). The zero-order valence-electron chi connectivity index (χ0n) is 11.5. The van der Waals surface area contributed by atoms with Crippen LogP contribution >= 0.6 is 0 Å². The van der Waals surface area contributed by atoms with Crippen molar-refractivity contribution in [3.8, 4) is 11.5 Å². The highest BCUT2D eigenvalue weighted by atomic mass is 16.6. The molecule has 21 heavy (non-hydrogen) atoms. The van der Waals surface area contributed by atoms with Crippen LogP contribution in [0.4, 0.5) is 5.69 Å². The molecule has 0 atom stereocenters. The minimum atomic E-state index is -0.554. The number of nitrogens with zero attached hydrogens (tertiary/aromatic N) is 1. The molecule has 108 valence electrons. The summed E-state index contributed by atoms with van der Waals surface area (Å²) in [5.41, 5.74) is 0.748. The first kappa shape index (κ1) is 14.5. The predicted octanol–water partition coefficient (Wildman–Crippen LogP) is 3.13. The molecule has 0 aliphatic heterocycles. The Morgan fingerprint density at radius 3 is 2.52 bits per heavy atom. The molecule has 0 aliphatic carbocycles. The lowest BCUT2D eigenvalue weighted by molar-refractivity contribution is -0.385. The molecule has 0 saturated carbocycles. The minimum Gasteiger partial charge on any atom is -0.497 e. The lowest BCUT2D eigenvalue weighted by Gasteiger charge is -2.06. The largest absolute Gasteiger partial charge is 0.497 e. The maximum absolute atomic E-state index is 12.0. The van der Waals surface area contributed by atoms with Gasteiger partial charge in [-0.15, -0.1) is 0 Å². The molecule has 0 aliphatic rings. The first-order chi connectivity index (χ1) is 10.0. The van der Waals surface area contributed by atoms with Crippen LogP contribution < -0.4 is 9.47 Å². The minimum absolute atomic E-state index is 0.0174. The van der Waals surface area contributed by atoms with Gasteiger partial charge in [0, 0.05) is 11.6 Å². The number of benzene rings is 2. The summed E-state index contributed by atoms with van der Waals surface area (Å²) in [4.78, 5) is 22.2. The fraction of sp³-hybridized carbons (Fsp3) is 0.133. The molecule has 0 unspecified atom stereocenters. The lowest BCUT2D eigenvalue weighted by Crippen LogP contribution is -2.08. The Morgan fingerprint density at radius 1 is 1.14 bits per heavy atom. The van der Waals surface area contributed by atoms with E-state index in [2.05, 4.69) is 0 Å². The number of rotatable bonds is 4. The van der Waals surface area contributed by atoms with Gasteiger partial charge in [0.05, 0.1) is 17.6 Å². The summed E-state index contributed by atoms with van der Waals surface area (Å²) >= 11 is 0. The maximum Gasteiger partial charge on any atom is 0.343 e. The number of carbonyl (C=O) groups is 1. The van der Waals surface area contributed by atoms with Gasteiger partial charge in [0.2, 0.25) is 0 Å². The first-order valence-electron chi connectivity index (χ1n) is 6.12. The van der Waals surface area contributed by atoms with Gasteiger partial charge in [-0.05, 0) is 37.3 Å². The van der Waals surface area contributed by atoms with Gasteiger partial charge in [-0.2, -0.15) is 0 Å². The van der Waals surface area contributed by atoms with Crippen molar-refractivity contribution in [2.45, 2.75) is 6.92 Å². The summed E-state index contributed by atoms with van der Waals surface area (Å²) < 4.78 is 10.2. The molecule has 0 amide bonds. The van der Waals surface area contributed by atoms with Crippen LogP contribution in [0, 0.1) is 17.0 Å². The molecule has 6 nitrogen and oxygen atoms in total. The van der Waals surface area contributed by atoms with E-state index in [1.807, 2.05) is 0 Å². The Morgan fingerprint density at radius 2 is 1.90 bits per heavy atom. The molecule has 0 aromatic heterocycles. The summed E-state index contributed by atoms with van der Waals surface area (Å²) in [5, 5.41) is 10.7. The van der Waals surface area contributed by atoms with Gasteiger partial charge in [-0.3, -0.25) is 10.1 Å². The fourth-order valence-electron chi connectivity index (χ4n) is 1.81. The summed E-state index contributed by atoms with van der Waals surface area (Å²) in [6.45, 7) is 1.58. The zero-order chi connectivity index (χ0) is 15.4. The second-order valence-corrected chi connectivity index (χ2v) is 4.33. The lowest BCUT2D eigenvalue weighted by atomic mass is 10.2. The smallest absolute Gasteiger partial charge is 0.343 e. The van der Waals surface area contributed by atoms with E-state index in [0.717, 1.165) is 0 Å². The quantitative estimate of drug-likeness (QED) is 0.373. The van der Waals surface area contributed by atoms with Crippen LogP contribution in [0.5, 0.6) is 11.5 Å². The van der Waals surface area contributed by atoms with Crippen molar-refractivity contribution in [2.24, 2.45) is 0 Å². The van der Waals surface area contributed by atoms with Crippen LogP contribution in [0.15, 0.2) is 42.5 Å².